The second kappa shape index (κ2) is 5.74. The number of carboxylic acids is 1. The molecule has 0 aromatic heterocycles. The molecule has 0 aliphatic rings. The highest BCUT2D eigenvalue weighted by Gasteiger charge is 2.18. The predicted octanol–water partition coefficient (Wildman–Crippen LogP) is 0.517. The minimum absolute atomic E-state index is 0.0249. The quantitative estimate of drug-likeness (QED) is 0.570. The fourth-order valence-corrected chi connectivity index (χ4v) is 2.92. The van der Waals surface area contributed by atoms with Gasteiger partial charge in [-0.25, -0.2) is 0 Å². The van der Waals surface area contributed by atoms with Gasteiger partial charge in [0.05, 0.1) is 0 Å². The predicted molar refractivity (Wildman–Crippen MR) is 58.8 cm³/mol. The lowest BCUT2D eigenvalue weighted by Crippen LogP contribution is -2.33. The molecule has 0 saturated heterocycles. The Balaban J connectivity index is 3.62. The van der Waals surface area contributed by atoms with Crippen molar-refractivity contribution in [3.8, 4) is 0 Å². The van der Waals surface area contributed by atoms with E-state index in [0.29, 0.717) is 12.3 Å². The number of nitrogens with two attached hydrogens (primary N) is 2. The van der Waals surface area contributed by atoms with Gasteiger partial charge in [-0.05, 0) is 13.8 Å². The summed E-state index contributed by atoms with van der Waals surface area (Å²) in [5.74, 6) is -0.553. The van der Waals surface area contributed by atoms with Gasteiger partial charge in [-0.3, -0.25) is 4.79 Å². The van der Waals surface area contributed by atoms with Gasteiger partial charge in [0.2, 0.25) is 0 Å². The van der Waals surface area contributed by atoms with Crippen LogP contribution in [0.2, 0.25) is 0 Å². The van der Waals surface area contributed by atoms with Crippen LogP contribution in [-0.2, 0) is 4.79 Å². The van der Waals surface area contributed by atoms with Gasteiger partial charge >= 0.3 is 5.97 Å². The molecule has 6 heteroatoms. The molecule has 78 valence electrons. The summed E-state index contributed by atoms with van der Waals surface area (Å²) in [4.78, 5) is 10.4. The highest BCUT2D eigenvalue weighted by molar-refractivity contribution is 8.77. The van der Waals surface area contributed by atoms with Crippen LogP contribution in [0, 0.1) is 0 Å². The van der Waals surface area contributed by atoms with E-state index in [0.717, 1.165) is 0 Å². The third-order valence-electron chi connectivity index (χ3n) is 1.34. The zero-order valence-corrected chi connectivity index (χ0v) is 9.45. The largest absolute Gasteiger partial charge is 0.480 e. The van der Waals surface area contributed by atoms with Crippen molar-refractivity contribution in [1.82, 2.24) is 0 Å². The van der Waals surface area contributed by atoms with E-state index in [4.69, 9.17) is 16.6 Å². The number of carbonyl (C=O) groups is 1. The van der Waals surface area contributed by atoms with Crippen LogP contribution < -0.4 is 11.5 Å². The summed E-state index contributed by atoms with van der Waals surface area (Å²) in [5.41, 5.74) is 10.8. The molecule has 0 aromatic rings. The second-order valence-electron chi connectivity index (χ2n) is 3.28. The molecule has 13 heavy (non-hydrogen) atoms. The monoisotopic (exact) mass is 224 g/mol. The number of carboxylic acid groups (broad SMARTS) is 1. The van der Waals surface area contributed by atoms with Gasteiger partial charge in [0.25, 0.3) is 0 Å². The first kappa shape index (κ1) is 13.1. The van der Waals surface area contributed by atoms with E-state index in [2.05, 4.69) is 0 Å². The average Bonchev–Trinajstić information content (AvgIpc) is 2.04. The number of hydrogen-bond donors (Lipinski definition) is 3. The van der Waals surface area contributed by atoms with Crippen molar-refractivity contribution < 1.29 is 9.90 Å². The lowest BCUT2D eigenvalue weighted by Gasteiger charge is -2.20. The standard InChI is InChI=1S/C7H16N2O2S2/c1-7(2,4-8)13-12-3-5(9)6(10)11/h5H,3-4,8-9H2,1-2H3,(H,10,11)/t5-/m0/s1. The molecule has 0 aromatic carbocycles. The fraction of sp³-hybridized carbons (Fsp3) is 0.857. The molecular weight excluding hydrogens is 208 g/mol. The second-order valence-corrected chi connectivity index (χ2v) is 6.32. The maximum Gasteiger partial charge on any atom is 0.321 e. The van der Waals surface area contributed by atoms with Gasteiger partial charge < -0.3 is 16.6 Å². The molecule has 0 aliphatic heterocycles. The lowest BCUT2D eigenvalue weighted by atomic mass is 10.2. The van der Waals surface area contributed by atoms with Crippen LogP contribution in [-0.4, -0.2) is 34.2 Å². The zero-order valence-electron chi connectivity index (χ0n) is 7.82. The number of aliphatic carboxylic acids is 1. The summed E-state index contributed by atoms with van der Waals surface area (Å²) in [6, 6.07) is -0.786. The van der Waals surface area contributed by atoms with E-state index in [1.54, 1.807) is 10.8 Å². The van der Waals surface area contributed by atoms with E-state index in [1.807, 2.05) is 13.8 Å². The van der Waals surface area contributed by atoms with Crippen LogP contribution in [0.1, 0.15) is 13.8 Å². The topological polar surface area (TPSA) is 89.3 Å². The van der Waals surface area contributed by atoms with E-state index >= 15 is 0 Å². The summed E-state index contributed by atoms with van der Waals surface area (Å²) in [7, 11) is 3.02. The Kier molecular flexibility index (Phi) is 5.78. The minimum Gasteiger partial charge on any atom is -0.480 e. The Morgan fingerprint density at radius 3 is 2.54 bits per heavy atom. The van der Waals surface area contributed by atoms with Gasteiger partial charge in [-0.2, -0.15) is 0 Å². The Hall–Kier alpha value is 0.0900. The number of hydrogen-bond acceptors (Lipinski definition) is 5. The molecule has 0 radical (unpaired) electrons. The van der Waals surface area contributed by atoms with Gasteiger partial charge in [0, 0.05) is 17.0 Å². The highest BCUT2D eigenvalue weighted by atomic mass is 33.1. The highest BCUT2D eigenvalue weighted by Crippen LogP contribution is 2.34. The van der Waals surface area contributed by atoms with Crippen LogP contribution in [0.25, 0.3) is 0 Å². The minimum atomic E-state index is -0.960. The molecule has 5 N–H and O–H groups in total. The fourth-order valence-electron chi connectivity index (χ4n) is 0.372. The van der Waals surface area contributed by atoms with Crippen LogP contribution >= 0.6 is 21.6 Å². The molecular formula is C7H16N2O2S2. The van der Waals surface area contributed by atoms with E-state index in [-0.39, 0.29) is 4.75 Å². The SMILES string of the molecule is CC(C)(CN)SSC[C@H](N)C(=O)O. The van der Waals surface area contributed by atoms with Crippen molar-refractivity contribution >= 4 is 27.6 Å². The van der Waals surface area contributed by atoms with E-state index < -0.39 is 12.0 Å². The van der Waals surface area contributed by atoms with Crippen molar-refractivity contribution in [3.63, 3.8) is 0 Å². The zero-order chi connectivity index (χ0) is 10.5. The van der Waals surface area contributed by atoms with Crippen molar-refractivity contribution in [3.05, 3.63) is 0 Å². The van der Waals surface area contributed by atoms with Crippen LogP contribution in [0.3, 0.4) is 0 Å². The van der Waals surface area contributed by atoms with Crippen molar-refractivity contribution in [2.45, 2.75) is 24.6 Å². The van der Waals surface area contributed by atoms with Crippen molar-refractivity contribution in [1.29, 1.82) is 0 Å². The molecule has 0 aliphatic carbocycles. The van der Waals surface area contributed by atoms with Gasteiger partial charge in [-0.15, -0.1) is 0 Å². The van der Waals surface area contributed by atoms with Gasteiger partial charge in [0.15, 0.2) is 0 Å². The average molecular weight is 224 g/mol. The molecule has 0 rings (SSSR count). The first-order chi connectivity index (χ1) is 5.89. The molecule has 0 unspecified atom stereocenters. The maximum absolute atomic E-state index is 10.4. The first-order valence-corrected chi connectivity index (χ1v) is 6.20. The summed E-state index contributed by atoms with van der Waals surface area (Å²) < 4.78 is -0.0249. The molecule has 0 saturated carbocycles. The molecule has 0 heterocycles. The van der Waals surface area contributed by atoms with E-state index in [9.17, 15) is 4.79 Å². The van der Waals surface area contributed by atoms with E-state index in [1.165, 1.54) is 10.8 Å². The van der Waals surface area contributed by atoms with Crippen molar-refractivity contribution in [2.24, 2.45) is 11.5 Å². The van der Waals surface area contributed by atoms with Crippen LogP contribution in [0.5, 0.6) is 0 Å². The molecule has 4 nitrogen and oxygen atoms in total. The summed E-state index contributed by atoms with van der Waals surface area (Å²) in [6.07, 6.45) is 0. The Bertz CT molecular complexity index is 176. The normalized spacial score (nSPS) is 14.2. The summed E-state index contributed by atoms with van der Waals surface area (Å²) in [5, 5.41) is 8.50. The summed E-state index contributed by atoms with van der Waals surface area (Å²) >= 11 is 0. The van der Waals surface area contributed by atoms with Crippen LogP contribution in [0.4, 0.5) is 0 Å². The number of rotatable bonds is 6. The molecule has 0 bridgehead atoms. The third-order valence-corrected chi connectivity index (χ3v) is 4.69. The maximum atomic E-state index is 10.4. The Morgan fingerprint density at radius 1 is 1.62 bits per heavy atom. The van der Waals surface area contributed by atoms with Crippen LogP contribution in [0.15, 0.2) is 0 Å². The van der Waals surface area contributed by atoms with Crippen molar-refractivity contribution in [2.75, 3.05) is 12.3 Å². The Labute approximate surface area is 86.2 Å². The first-order valence-electron chi connectivity index (χ1n) is 3.88. The smallest absolute Gasteiger partial charge is 0.321 e. The van der Waals surface area contributed by atoms with Gasteiger partial charge in [-0.1, -0.05) is 21.6 Å². The third kappa shape index (κ3) is 6.20. The molecule has 1 atom stereocenters. The summed E-state index contributed by atoms with van der Waals surface area (Å²) in [6.45, 7) is 4.58. The van der Waals surface area contributed by atoms with Gasteiger partial charge in [0.1, 0.15) is 6.04 Å². The molecule has 0 spiro atoms. The Morgan fingerprint density at radius 2 is 2.15 bits per heavy atom. The molecule has 0 amide bonds. The lowest BCUT2D eigenvalue weighted by molar-refractivity contribution is -0.137. The molecule has 0 fully saturated rings.